The molecule has 0 aliphatic heterocycles. The van der Waals surface area contributed by atoms with Crippen molar-refractivity contribution in [1.29, 1.82) is 0 Å². The second-order valence-electron chi connectivity index (χ2n) is 9.51. The van der Waals surface area contributed by atoms with Crippen molar-refractivity contribution in [3.05, 3.63) is 78.0 Å². The number of benzene rings is 2. The van der Waals surface area contributed by atoms with Crippen molar-refractivity contribution in [2.75, 3.05) is 24.2 Å². The van der Waals surface area contributed by atoms with Crippen LogP contribution in [0, 0.1) is 5.92 Å². The molecule has 0 aliphatic rings. The first-order chi connectivity index (χ1) is 18.0. The molecule has 0 radical (unpaired) electrons. The summed E-state index contributed by atoms with van der Waals surface area (Å²) >= 11 is 1.65. The number of amides is 1. The van der Waals surface area contributed by atoms with Gasteiger partial charge < -0.3 is 10.6 Å². The quantitative estimate of drug-likeness (QED) is 0.174. The second-order valence-corrected chi connectivity index (χ2v) is 10.6. The van der Waals surface area contributed by atoms with Crippen molar-refractivity contribution in [1.82, 2.24) is 25.1 Å². The third-order valence-corrected chi connectivity index (χ3v) is 7.08. The number of hydrogen-bond acceptors (Lipinski definition) is 6. The molecule has 0 spiro atoms. The van der Waals surface area contributed by atoms with E-state index in [-0.39, 0.29) is 11.8 Å². The monoisotopic (exact) mass is 516 g/mol. The Balaban J connectivity index is 1.44. The Hall–Kier alpha value is -3.39. The molecule has 8 heteroatoms. The van der Waals surface area contributed by atoms with Gasteiger partial charge in [0.05, 0.1) is 18.1 Å². The summed E-state index contributed by atoms with van der Waals surface area (Å²) in [4.78, 5) is 22.5. The van der Waals surface area contributed by atoms with E-state index in [1.807, 2.05) is 47.3 Å². The van der Waals surface area contributed by atoms with Crippen molar-refractivity contribution >= 4 is 34.5 Å². The van der Waals surface area contributed by atoms with Gasteiger partial charge in [-0.1, -0.05) is 93.2 Å². The van der Waals surface area contributed by atoms with Crippen molar-refractivity contribution in [2.24, 2.45) is 5.92 Å². The minimum atomic E-state index is 0.00779. The lowest BCUT2D eigenvalue weighted by atomic mass is 9.88. The number of aromatic nitrogens is 4. The van der Waals surface area contributed by atoms with E-state index in [0.717, 1.165) is 51.9 Å². The fourth-order valence-corrected chi connectivity index (χ4v) is 4.84. The molecule has 194 valence electrons. The zero-order chi connectivity index (χ0) is 26.0. The standard InChI is InChI=1S/C29H36N6OS/c1-4-17-37-29-33-27(31-19-21(2)3)25-20-32-35(28(25)34-29)16-15-30-26(36)18-24(22-11-7-5-8-12-22)23-13-9-6-10-14-23/h5-14,20-21,24H,4,15-19H2,1-3H3,(H,30,36)(H,31,33,34). The average Bonchev–Trinajstić information content (AvgIpc) is 3.33. The van der Waals surface area contributed by atoms with E-state index in [0.29, 0.717) is 25.4 Å². The molecule has 2 heterocycles. The molecule has 1 amide bonds. The van der Waals surface area contributed by atoms with Gasteiger partial charge in [-0.25, -0.2) is 14.6 Å². The number of carbonyl (C=O) groups excluding carboxylic acids is 1. The summed E-state index contributed by atoms with van der Waals surface area (Å²) in [6.45, 7) is 8.33. The van der Waals surface area contributed by atoms with E-state index < -0.39 is 0 Å². The fraction of sp³-hybridized carbons (Fsp3) is 0.379. The number of nitrogens with zero attached hydrogens (tertiary/aromatic N) is 4. The summed E-state index contributed by atoms with van der Waals surface area (Å²) in [5, 5.41) is 12.8. The van der Waals surface area contributed by atoms with Crippen molar-refractivity contribution in [3.63, 3.8) is 0 Å². The number of thioether (sulfide) groups is 1. The lowest BCUT2D eigenvalue weighted by molar-refractivity contribution is -0.121. The fourth-order valence-electron chi connectivity index (χ4n) is 4.15. The van der Waals surface area contributed by atoms with Crippen molar-refractivity contribution in [3.8, 4) is 0 Å². The van der Waals surface area contributed by atoms with Crippen molar-refractivity contribution in [2.45, 2.75) is 51.2 Å². The third kappa shape index (κ3) is 7.32. The lowest BCUT2D eigenvalue weighted by Gasteiger charge is -2.18. The molecule has 0 aliphatic carbocycles. The number of rotatable bonds is 13. The molecule has 2 aromatic heterocycles. The Labute approximate surface area is 223 Å². The molecule has 0 atom stereocenters. The molecule has 0 fully saturated rings. The van der Waals surface area contributed by atoms with Gasteiger partial charge in [0.2, 0.25) is 5.91 Å². The number of nitrogens with one attached hydrogen (secondary N) is 2. The van der Waals surface area contributed by atoms with Crippen LogP contribution in [-0.2, 0) is 11.3 Å². The predicted molar refractivity (Wildman–Crippen MR) is 152 cm³/mol. The molecule has 0 bridgehead atoms. The highest BCUT2D eigenvalue weighted by Crippen LogP contribution is 2.28. The van der Waals surface area contributed by atoms with Crippen LogP contribution >= 0.6 is 11.8 Å². The van der Waals surface area contributed by atoms with Gasteiger partial charge in [0.15, 0.2) is 10.8 Å². The van der Waals surface area contributed by atoms with Crippen molar-refractivity contribution < 1.29 is 4.79 Å². The Bertz CT molecular complexity index is 1240. The maximum atomic E-state index is 13.0. The highest BCUT2D eigenvalue weighted by molar-refractivity contribution is 7.99. The van der Waals surface area contributed by atoms with Gasteiger partial charge in [-0.3, -0.25) is 4.79 Å². The topological polar surface area (TPSA) is 84.7 Å². The summed E-state index contributed by atoms with van der Waals surface area (Å²) in [6.07, 6.45) is 3.26. The summed E-state index contributed by atoms with van der Waals surface area (Å²) < 4.78 is 1.86. The molecule has 0 unspecified atom stereocenters. The average molecular weight is 517 g/mol. The van der Waals surface area contributed by atoms with Crippen LogP contribution in [-0.4, -0.2) is 44.5 Å². The minimum Gasteiger partial charge on any atom is -0.369 e. The van der Waals surface area contributed by atoms with Crippen LogP contribution in [0.3, 0.4) is 0 Å². The minimum absolute atomic E-state index is 0.00779. The number of hydrogen-bond donors (Lipinski definition) is 2. The Morgan fingerprint density at radius 1 is 1.00 bits per heavy atom. The molecule has 4 rings (SSSR count). The van der Waals surface area contributed by atoms with Crippen LogP contribution in [0.4, 0.5) is 5.82 Å². The Kier molecular flexibility index (Phi) is 9.54. The highest BCUT2D eigenvalue weighted by Gasteiger charge is 2.18. The van der Waals surface area contributed by atoms with Gasteiger partial charge in [-0.15, -0.1) is 0 Å². The second kappa shape index (κ2) is 13.2. The largest absolute Gasteiger partial charge is 0.369 e. The number of carbonyl (C=O) groups is 1. The number of anilines is 1. The van der Waals surface area contributed by atoms with Crippen LogP contribution < -0.4 is 10.6 Å². The van der Waals surface area contributed by atoms with Crippen LogP contribution in [0.25, 0.3) is 11.0 Å². The molecule has 0 saturated heterocycles. The van der Waals surface area contributed by atoms with Gasteiger partial charge in [-0.05, 0) is 23.5 Å². The van der Waals surface area contributed by atoms with Gasteiger partial charge in [0.1, 0.15) is 5.82 Å². The maximum Gasteiger partial charge on any atom is 0.221 e. The summed E-state index contributed by atoms with van der Waals surface area (Å²) in [7, 11) is 0. The van der Waals surface area contributed by atoms with E-state index in [4.69, 9.17) is 9.97 Å². The number of fused-ring (bicyclic) bond motifs is 1. The molecule has 2 aromatic carbocycles. The van der Waals surface area contributed by atoms with E-state index in [9.17, 15) is 4.79 Å². The normalized spacial score (nSPS) is 11.4. The first-order valence-electron chi connectivity index (χ1n) is 13.0. The maximum absolute atomic E-state index is 13.0. The summed E-state index contributed by atoms with van der Waals surface area (Å²) in [5.41, 5.74) is 3.06. The molecular weight excluding hydrogens is 480 g/mol. The Morgan fingerprint density at radius 2 is 1.68 bits per heavy atom. The summed E-state index contributed by atoms with van der Waals surface area (Å²) in [6, 6.07) is 20.4. The SMILES string of the molecule is CCCSc1nc(NCC(C)C)c2cnn(CCNC(=O)CC(c3ccccc3)c3ccccc3)c2n1. The highest BCUT2D eigenvalue weighted by atomic mass is 32.2. The predicted octanol–water partition coefficient (Wildman–Crippen LogP) is 5.73. The molecule has 2 N–H and O–H groups in total. The van der Waals surface area contributed by atoms with Gasteiger partial charge in [-0.2, -0.15) is 5.10 Å². The molecular formula is C29H36N6OS. The molecule has 4 aromatic rings. The first kappa shape index (κ1) is 26.7. The van der Waals surface area contributed by atoms with E-state index >= 15 is 0 Å². The molecule has 37 heavy (non-hydrogen) atoms. The summed E-state index contributed by atoms with van der Waals surface area (Å²) in [5.74, 6) is 2.30. The molecule has 7 nitrogen and oxygen atoms in total. The lowest BCUT2D eigenvalue weighted by Crippen LogP contribution is -2.29. The Morgan fingerprint density at radius 3 is 2.30 bits per heavy atom. The zero-order valence-electron chi connectivity index (χ0n) is 21.9. The van der Waals surface area contributed by atoms with Gasteiger partial charge in [0.25, 0.3) is 0 Å². The van der Waals surface area contributed by atoms with Crippen LogP contribution in [0.15, 0.2) is 72.0 Å². The van der Waals surface area contributed by atoms with Crippen LogP contribution in [0.5, 0.6) is 0 Å². The van der Waals surface area contributed by atoms with E-state index in [2.05, 4.69) is 60.8 Å². The van der Waals surface area contributed by atoms with Gasteiger partial charge >= 0.3 is 0 Å². The van der Waals surface area contributed by atoms with E-state index in [1.54, 1.807) is 11.8 Å². The van der Waals surface area contributed by atoms with Gasteiger partial charge in [0, 0.05) is 31.2 Å². The smallest absolute Gasteiger partial charge is 0.221 e. The van der Waals surface area contributed by atoms with Crippen LogP contribution in [0.1, 0.15) is 50.7 Å². The van der Waals surface area contributed by atoms with Crippen LogP contribution in [0.2, 0.25) is 0 Å². The molecule has 0 saturated carbocycles. The first-order valence-corrected chi connectivity index (χ1v) is 14.0. The third-order valence-electron chi connectivity index (χ3n) is 6.03. The van der Waals surface area contributed by atoms with E-state index in [1.165, 1.54) is 0 Å². The zero-order valence-corrected chi connectivity index (χ0v) is 22.7.